The van der Waals surface area contributed by atoms with Gasteiger partial charge < -0.3 is 10.2 Å². The lowest BCUT2D eigenvalue weighted by molar-refractivity contribution is -0.132. The average Bonchev–Trinajstić information content (AvgIpc) is 2.98. The number of rotatable bonds is 7. The van der Waals surface area contributed by atoms with E-state index in [1.54, 1.807) is 0 Å². The number of thiazole rings is 1. The smallest absolute Gasteiger partial charge is 0.228 e. The first-order valence-corrected chi connectivity index (χ1v) is 9.20. The van der Waals surface area contributed by atoms with E-state index in [0.29, 0.717) is 17.5 Å². The third-order valence-electron chi connectivity index (χ3n) is 4.29. The van der Waals surface area contributed by atoms with Crippen LogP contribution in [0.2, 0.25) is 0 Å². The fraction of sp³-hybridized carbons (Fsp3) is 0.706. The minimum absolute atomic E-state index is 0.0521. The molecule has 1 saturated carbocycles. The summed E-state index contributed by atoms with van der Waals surface area (Å²) in [6, 6.07) is 0.203. The normalized spacial score (nSPS) is 20.0. The van der Waals surface area contributed by atoms with Crippen molar-refractivity contribution >= 4 is 28.3 Å². The molecule has 6 heteroatoms. The zero-order chi connectivity index (χ0) is 17.1. The molecule has 2 rings (SSSR count). The van der Waals surface area contributed by atoms with Gasteiger partial charge in [-0.15, -0.1) is 11.3 Å². The fourth-order valence-electron chi connectivity index (χ4n) is 2.46. The molecule has 0 aliphatic heterocycles. The fourth-order valence-corrected chi connectivity index (χ4v) is 3.17. The van der Waals surface area contributed by atoms with Crippen LogP contribution in [0, 0.1) is 17.8 Å². The minimum Gasteiger partial charge on any atom is -0.340 e. The number of carbonyl (C=O) groups excluding carboxylic acids is 2. The van der Waals surface area contributed by atoms with Gasteiger partial charge in [0.1, 0.15) is 0 Å². The van der Waals surface area contributed by atoms with Gasteiger partial charge in [-0.1, -0.05) is 20.8 Å². The van der Waals surface area contributed by atoms with Gasteiger partial charge in [-0.3, -0.25) is 9.59 Å². The maximum atomic E-state index is 12.6. The number of nitrogens with one attached hydrogen (secondary N) is 1. The summed E-state index contributed by atoms with van der Waals surface area (Å²) in [7, 11) is 0. The topological polar surface area (TPSA) is 62.3 Å². The van der Waals surface area contributed by atoms with Crippen molar-refractivity contribution in [1.29, 1.82) is 0 Å². The molecule has 1 heterocycles. The van der Waals surface area contributed by atoms with E-state index >= 15 is 0 Å². The molecule has 1 aliphatic carbocycles. The molecule has 23 heavy (non-hydrogen) atoms. The molecule has 0 radical (unpaired) electrons. The summed E-state index contributed by atoms with van der Waals surface area (Å²) < 4.78 is 0. The van der Waals surface area contributed by atoms with Crippen molar-refractivity contribution in [2.24, 2.45) is 17.8 Å². The number of hydrogen-bond acceptors (Lipinski definition) is 4. The molecule has 1 aromatic heterocycles. The molecular weight excluding hydrogens is 310 g/mol. The summed E-state index contributed by atoms with van der Waals surface area (Å²) in [6.07, 6.45) is 1.52. The zero-order valence-electron chi connectivity index (χ0n) is 14.6. The van der Waals surface area contributed by atoms with Crippen LogP contribution in [0.25, 0.3) is 0 Å². The highest BCUT2D eigenvalue weighted by atomic mass is 32.1. The Morgan fingerprint density at radius 2 is 2.04 bits per heavy atom. The van der Waals surface area contributed by atoms with Crippen LogP contribution in [0.3, 0.4) is 0 Å². The number of anilines is 1. The van der Waals surface area contributed by atoms with Crippen molar-refractivity contribution < 1.29 is 9.59 Å². The lowest BCUT2D eigenvalue weighted by Crippen LogP contribution is -2.39. The van der Waals surface area contributed by atoms with Crippen LogP contribution >= 0.6 is 11.3 Å². The summed E-state index contributed by atoms with van der Waals surface area (Å²) in [6.45, 7) is 10.9. The molecule has 1 fully saturated rings. The van der Waals surface area contributed by atoms with Gasteiger partial charge in [0.25, 0.3) is 0 Å². The summed E-state index contributed by atoms with van der Waals surface area (Å²) in [5, 5.41) is 5.20. The van der Waals surface area contributed by atoms with Crippen molar-refractivity contribution in [3.05, 3.63) is 11.1 Å². The largest absolute Gasteiger partial charge is 0.340 e. The molecule has 5 nitrogen and oxygen atoms in total. The molecule has 0 bridgehead atoms. The highest BCUT2D eigenvalue weighted by molar-refractivity contribution is 7.13. The van der Waals surface area contributed by atoms with Crippen molar-refractivity contribution in [2.45, 2.75) is 53.5 Å². The molecule has 0 aromatic carbocycles. The van der Waals surface area contributed by atoms with E-state index in [2.05, 4.69) is 31.1 Å². The average molecular weight is 337 g/mol. The van der Waals surface area contributed by atoms with Crippen molar-refractivity contribution in [3.63, 3.8) is 0 Å². The Hall–Kier alpha value is -1.43. The van der Waals surface area contributed by atoms with E-state index in [0.717, 1.165) is 18.2 Å². The number of nitrogens with zero attached hydrogens (tertiary/aromatic N) is 2. The summed E-state index contributed by atoms with van der Waals surface area (Å²) in [4.78, 5) is 30.6. The van der Waals surface area contributed by atoms with Gasteiger partial charge in [0.15, 0.2) is 5.13 Å². The monoisotopic (exact) mass is 337 g/mol. The molecular formula is C17H27N3O2S. The van der Waals surface area contributed by atoms with Crippen molar-refractivity contribution in [3.8, 4) is 0 Å². The third-order valence-corrected chi connectivity index (χ3v) is 5.10. The Bertz CT molecular complexity index is 568. The summed E-state index contributed by atoms with van der Waals surface area (Å²) in [5.74, 6) is 1.37. The molecule has 1 aliphatic rings. The molecule has 2 atom stereocenters. The number of hydrogen-bond donors (Lipinski definition) is 1. The maximum absolute atomic E-state index is 12.6. The first-order chi connectivity index (χ1) is 10.8. The minimum atomic E-state index is -0.0825. The number of aromatic nitrogens is 1. The molecule has 0 saturated heterocycles. The van der Waals surface area contributed by atoms with Gasteiger partial charge in [0.2, 0.25) is 11.8 Å². The van der Waals surface area contributed by atoms with E-state index < -0.39 is 0 Å². The number of amides is 2. The maximum Gasteiger partial charge on any atom is 0.228 e. The van der Waals surface area contributed by atoms with Gasteiger partial charge in [-0.05, 0) is 32.1 Å². The third kappa shape index (κ3) is 5.03. The van der Waals surface area contributed by atoms with E-state index in [1.807, 2.05) is 24.1 Å². The highest BCUT2D eigenvalue weighted by Gasteiger charge is 2.35. The van der Waals surface area contributed by atoms with Crippen LogP contribution in [0.5, 0.6) is 0 Å². The van der Waals surface area contributed by atoms with E-state index in [-0.39, 0.29) is 23.8 Å². The van der Waals surface area contributed by atoms with Gasteiger partial charge in [-0.2, -0.15) is 0 Å². The lowest BCUT2D eigenvalue weighted by Gasteiger charge is -2.26. The van der Waals surface area contributed by atoms with Gasteiger partial charge >= 0.3 is 0 Å². The van der Waals surface area contributed by atoms with Crippen LogP contribution in [0.4, 0.5) is 5.13 Å². The predicted molar refractivity (Wildman–Crippen MR) is 93.4 cm³/mol. The van der Waals surface area contributed by atoms with Crippen LogP contribution in [-0.4, -0.2) is 34.3 Å². The predicted octanol–water partition coefficient (Wildman–Crippen LogP) is 3.17. The lowest BCUT2D eigenvalue weighted by atomic mass is 10.2. The van der Waals surface area contributed by atoms with Gasteiger partial charge in [0, 0.05) is 23.9 Å². The second-order valence-corrected chi connectivity index (χ2v) is 7.94. The standard InChI is InChI=1S/C17H27N3O2S/c1-10(2)16(22)19-17-18-14(9-23-17)7-15(21)20(11(3)4)8-13-6-12(13)5/h9-13H,6-8H2,1-5H3,(H,18,19,22)/t12-,13+/m0/s1. The summed E-state index contributed by atoms with van der Waals surface area (Å²) in [5.41, 5.74) is 0.730. The Balaban J connectivity index is 1.93. The second kappa shape index (κ2) is 7.43. The van der Waals surface area contributed by atoms with E-state index in [9.17, 15) is 9.59 Å². The van der Waals surface area contributed by atoms with Crippen LogP contribution < -0.4 is 5.32 Å². The van der Waals surface area contributed by atoms with Gasteiger partial charge in [0.05, 0.1) is 12.1 Å². The molecule has 1 N–H and O–H groups in total. The van der Waals surface area contributed by atoms with Crippen LogP contribution in [0.15, 0.2) is 5.38 Å². The summed E-state index contributed by atoms with van der Waals surface area (Å²) >= 11 is 1.37. The van der Waals surface area contributed by atoms with Crippen LogP contribution in [-0.2, 0) is 16.0 Å². The molecule has 128 valence electrons. The molecule has 1 aromatic rings. The van der Waals surface area contributed by atoms with Gasteiger partial charge in [-0.25, -0.2) is 4.98 Å². The number of carbonyl (C=O) groups is 2. The SMILES string of the molecule is CC(C)C(=O)Nc1nc(CC(=O)N(C[C@H]2C[C@@H]2C)C(C)C)cs1. The Morgan fingerprint density at radius 3 is 2.57 bits per heavy atom. The first-order valence-electron chi connectivity index (χ1n) is 8.32. The van der Waals surface area contributed by atoms with Crippen molar-refractivity contribution in [2.75, 3.05) is 11.9 Å². The zero-order valence-corrected chi connectivity index (χ0v) is 15.4. The van der Waals surface area contributed by atoms with E-state index in [4.69, 9.17) is 0 Å². The Labute approximate surface area is 142 Å². The molecule has 0 unspecified atom stereocenters. The first kappa shape index (κ1) is 17.9. The quantitative estimate of drug-likeness (QED) is 0.831. The molecule has 0 spiro atoms. The van der Waals surface area contributed by atoms with Crippen molar-refractivity contribution in [1.82, 2.24) is 9.88 Å². The van der Waals surface area contributed by atoms with Crippen LogP contribution in [0.1, 0.15) is 46.7 Å². The molecule has 2 amide bonds. The van der Waals surface area contributed by atoms with E-state index in [1.165, 1.54) is 17.8 Å². The highest BCUT2D eigenvalue weighted by Crippen LogP contribution is 2.38. The Morgan fingerprint density at radius 1 is 1.39 bits per heavy atom. The Kier molecular flexibility index (Phi) is 5.79. The second-order valence-electron chi connectivity index (χ2n) is 7.08.